The van der Waals surface area contributed by atoms with Crippen molar-refractivity contribution in [3.05, 3.63) is 65.4 Å². The lowest BCUT2D eigenvalue weighted by Gasteiger charge is -2.13. The molecule has 4 nitrogen and oxygen atoms in total. The van der Waals surface area contributed by atoms with Gasteiger partial charge in [0.2, 0.25) is 0 Å². The summed E-state index contributed by atoms with van der Waals surface area (Å²) in [6.07, 6.45) is -10.1. The van der Waals surface area contributed by atoms with Crippen molar-refractivity contribution in [2.75, 3.05) is 0 Å². The smallest absolute Gasteiger partial charge is 0.336 e. The monoisotopic (exact) mass is 399 g/mol. The highest BCUT2D eigenvalue weighted by Gasteiger charge is 2.39. The Balaban J connectivity index is 2.03. The second-order valence-electron chi connectivity index (χ2n) is 5.71. The van der Waals surface area contributed by atoms with E-state index in [9.17, 15) is 26.3 Å². The van der Waals surface area contributed by atoms with Gasteiger partial charge >= 0.3 is 12.4 Å². The van der Waals surface area contributed by atoms with Gasteiger partial charge in [0.1, 0.15) is 5.69 Å². The van der Waals surface area contributed by atoms with Gasteiger partial charge in [-0.3, -0.25) is 0 Å². The van der Waals surface area contributed by atoms with Crippen LogP contribution in [0.5, 0.6) is 5.88 Å². The number of hydrogen-bond acceptors (Lipinski definition) is 4. The van der Waals surface area contributed by atoms with Crippen molar-refractivity contribution < 1.29 is 31.2 Å². The number of hydrogen-bond donors (Lipinski definition) is 0. The molecule has 146 valence electrons. The van der Waals surface area contributed by atoms with Gasteiger partial charge in [0.05, 0.1) is 11.3 Å². The maximum absolute atomic E-state index is 13.2. The first-order valence-electron chi connectivity index (χ1n) is 7.79. The van der Waals surface area contributed by atoms with E-state index in [1.165, 1.54) is 0 Å². The summed E-state index contributed by atoms with van der Waals surface area (Å²) in [5, 5.41) is 3.22. The highest BCUT2D eigenvalue weighted by atomic mass is 19.4. The van der Waals surface area contributed by atoms with Gasteiger partial charge in [0, 0.05) is 11.5 Å². The number of oxime groups is 1. The summed E-state index contributed by atoms with van der Waals surface area (Å²) in [4.78, 5) is 11.9. The Morgan fingerprint density at radius 1 is 0.893 bits per heavy atom. The van der Waals surface area contributed by atoms with Crippen LogP contribution in [0.3, 0.4) is 0 Å². The van der Waals surface area contributed by atoms with Crippen molar-refractivity contribution in [2.24, 2.45) is 5.16 Å². The summed E-state index contributed by atoms with van der Waals surface area (Å²) in [6, 6.07) is 10.8. The van der Waals surface area contributed by atoms with E-state index in [2.05, 4.69) is 15.1 Å². The van der Waals surface area contributed by atoms with Gasteiger partial charge in [-0.1, -0.05) is 35.5 Å². The van der Waals surface area contributed by atoms with E-state index < -0.39 is 34.6 Å². The van der Waals surface area contributed by atoms with Crippen LogP contribution in [-0.4, -0.2) is 15.7 Å². The standard InChI is InChI=1S/C18H11F6N3O/c1-10(11-5-3-2-4-6-11)27-28-15-8-7-12-13(17(19,20)21)9-14(18(22,23)24)25-16(12)26-15/h2-9H,1H3. The summed E-state index contributed by atoms with van der Waals surface area (Å²) in [6.45, 7) is 1.62. The van der Waals surface area contributed by atoms with Crippen LogP contribution < -0.4 is 4.84 Å². The number of aromatic nitrogens is 2. The molecule has 28 heavy (non-hydrogen) atoms. The molecule has 10 heteroatoms. The third-order valence-corrected chi connectivity index (χ3v) is 3.71. The Kier molecular flexibility index (Phi) is 4.97. The minimum absolute atomic E-state index is 0.0394. The number of pyridine rings is 2. The maximum atomic E-state index is 13.2. The molecular weight excluding hydrogens is 388 g/mol. The van der Waals surface area contributed by atoms with Crippen molar-refractivity contribution in [2.45, 2.75) is 19.3 Å². The summed E-state index contributed by atoms with van der Waals surface area (Å²) in [5.74, 6) is -0.289. The number of fused-ring (bicyclic) bond motifs is 1. The average molecular weight is 399 g/mol. The van der Waals surface area contributed by atoms with Gasteiger partial charge in [0.15, 0.2) is 5.65 Å². The summed E-state index contributed by atoms with van der Waals surface area (Å²) in [7, 11) is 0. The van der Waals surface area contributed by atoms with Crippen LogP contribution in [0.4, 0.5) is 26.3 Å². The van der Waals surface area contributed by atoms with E-state index in [1.54, 1.807) is 37.3 Å². The number of halogens is 6. The molecular formula is C18H11F6N3O. The molecule has 0 unspecified atom stereocenters. The van der Waals surface area contributed by atoms with Crippen molar-refractivity contribution in [1.29, 1.82) is 0 Å². The zero-order valence-corrected chi connectivity index (χ0v) is 14.1. The van der Waals surface area contributed by atoms with Gasteiger partial charge in [-0.25, -0.2) is 4.98 Å². The predicted octanol–water partition coefficient (Wildman–Crippen LogP) is 5.47. The zero-order valence-electron chi connectivity index (χ0n) is 14.1. The fraction of sp³-hybridized carbons (Fsp3) is 0.167. The van der Waals surface area contributed by atoms with E-state index in [4.69, 9.17) is 4.84 Å². The Labute approximate surface area is 154 Å². The summed E-state index contributed by atoms with van der Waals surface area (Å²) in [5.41, 5.74) is -2.75. The second kappa shape index (κ2) is 7.10. The molecule has 2 heterocycles. The summed E-state index contributed by atoms with van der Waals surface area (Å²) >= 11 is 0. The van der Waals surface area contributed by atoms with Crippen LogP contribution in [0.15, 0.2) is 53.7 Å². The molecule has 0 spiro atoms. The number of rotatable bonds is 3. The quantitative estimate of drug-likeness (QED) is 0.333. The Morgan fingerprint density at radius 2 is 1.57 bits per heavy atom. The molecule has 0 fully saturated rings. The summed E-state index contributed by atoms with van der Waals surface area (Å²) < 4.78 is 78.2. The lowest BCUT2D eigenvalue weighted by atomic mass is 10.1. The Bertz CT molecular complexity index is 1030. The Hall–Kier alpha value is -3.17. The number of benzene rings is 1. The van der Waals surface area contributed by atoms with Gasteiger partial charge < -0.3 is 4.84 Å². The zero-order chi connectivity index (χ0) is 20.5. The molecule has 0 saturated heterocycles. The fourth-order valence-corrected chi connectivity index (χ4v) is 2.37. The van der Waals surface area contributed by atoms with Crippen LogP contribution in [-0.2, 0) is 12.4 Å². The maximum Gasteiger partial charge on any atom is 0.433 e. The minimum atomic E-state index is -5.06. The SMILES string of the molecule is CC(=NOc1ccc2c(C(F)(F)F)cc(C(F)(F)F)nc2n1)c1ccccc1. The first kappa shape index (κ1) is 19.6. The molecule has 2 aromatic heterocycles. The van der Waals surface area contributed by atoms with Crippen LogP contribution >= 0.6 is 0 Å². The predicted molar refractivity (Wildman–Crippen MR) is 88.8 cm³/mol. The van der Waals surface area contributed by atoms with Crippen molar-refractivity contribution in [3.8, 4) is 5.88 Å². The normalized spacial score (nSPS) is 13.0. The van der Waals surface area contributed by atoms with Crippen LogP contribution in [0, 0.1) is 0 Å². The molecule has 1 aromatic carbocycles. The third kappa shape index (κ3) is 4.21. The van der Waals surface area contributed by atoms with Crippen LogP contribution in [0.25, 0.3) is 11.0 Å². The van der Waals surface area contributed by atoms with Crippen LogP contribution in [0.2, 0.25) is 0 Å². The molecule has 0 N–H and O–H groups in total. The molecule has 0 radical (unpaired) electrons. The van der Waals surface area contributed by atoms with Crippen LogP contribution in [0.1, 0.15) is 23.7 Å². The number of alkyl halides is 6. The van der Waals surface area contributed by atoms with Gasteiger partial charge in [-0.05, 0) is 24.6 Å². The molecule has 0 atom stereocenters. The molecule has 0 bridgehead atoms. The molecule has 0 aliphatic rings. The lowest BCUT2D eigenvalue weighted by molar-refractivity contribution is -0.144. The van der Waals surface area contributed by atoms with Gasteiger partial charge in [-0.2, -0.15) is 31.3 Å². The highest BCUT2D eigenvalue weighted by Crippen LogP contribution is 2.38. The van der Waals surface area contributed by atoms with Gasteiger partial charge in [0.25, 0.3) is 5.88 Å². The van der Waals surface area contributed by atoms with E-state index in [0.29, 0.717) is 5.71 Å². The first-order chi connectivity index (χ1) is 13.1. The molecule has 3 aromatic rings. The second-order valence-corrected chi connectivity index (χ2v) is 5.71. The van der Waals surface area contributed by atoms with E-state index >= 15 is 0 Å². The van der Waals surface area contributed by atoms with E-state index in [0.717, 1.165) is 17.7 Å². The highest BCUT2D eigenvalue weighted by molar-refractivity contribution is 5.98. The molecule has 0 saturated carbocycles. The van der Waals surface area contributed by atoms with Gasteiger partial charge in [-0.15, -0.1) is 0 Å². The fourth-order valence-electron chi connectivity index (χ4n) is 2.37. The Morgan fingerprint density at radius 3 is 2.18 bits per heavy atom. The molecule has 0 aliphatic carbocycles. The molecule has 3 rings (SSSR count). The molecule has 0 aliphatic heterocycles. The lowest BCUT2D eigenvalue weighted by Crippen LogP contribution is -2.14. The third-order valence-electron chi connectivity index (χ3n) is 3.71. The van der Waals surface area contributed by atoms with Crippen molar-refractivity contribution in [1.82, 2.24) is 9.97 Å². The first-order valence-corrected chi connectivity index (χ1v) is 7.79. The van der Waals surface area contributed by atoms with E-state index in [1.807, 2.05) is 0 Å². The van der Waals surface area contributed by atoms with E-state index in [-0.39, 0.29) is 11.9 Å². The number of nitrogens with zero attached hydrogens (tertiary/aromatic N) is 3. The largest absolute Gasteiger partial charge is 0.433 e. The minimum Gasteiger partial charge on any atom is -0.336 e. The molecule has 0 amide bonds. The average Bonchev–Trinajstić information content (AvgIpc) is 2.64. The van der Waals surface area contributed by atoms with Crippen molar-refractivity contribution in [3.63, 3.8) is 0 Å². The van der Waals surface area contributed by atoms with Crippen molar-refractivity contribution >= 4 is 16.7 Å². The topological polar surface area (TPSA) is 47.4 Å².